The Morgan fingerprint density at radius 2 is 2.15 bits per heavy atom. The SMILES string of the molecule is O=C(C1CC12CCc1ccccc12)N1CCCNCC1. The van der Waals surface area contributed by atoms with Gasteiger partial charge in [-0.3, -0.25) is 4.79 Å². The Hall–Kier alpha value is -1.35. The first-order valence-corrected chi connectivity index (χ1v) is 7.89. The molecule has 106 valence electrons. The third-order valence-electron chi connectivity index (χ3n) is 5.42. The standard InChI is InChI=1S/C17H22N2O/c20-16(19-10-3-8-18-9-11-19)15-12-17(15)7-6-13-4-1-2-5-14(13)17/h1-2,4-5,15,18H,3,6-12H2. The fraction of sp³-hybridized carbons (Fsp3) is 0.588. The van der Waals surface area contributed by atoms with E-state index in [2.05, 4.69) is 34.5 Å². The summed E-state index contributed by atoms with van der Waals surface area (Å²) < 4.78 is 0. The average Bonchev–Trinajstić information content (AvgIpc) is 3.17. The van der Waals surface area contributed by atoms with Crippen LogP contribution in [0.5, 0.6) is 0 Å². The Morgan fingerprint density at radius 3 is 3.10 bits per heavy atom. The van der Waals surface area contributed by atoms with Crippen LogP contribution < -0.4 is 5.32 Å². The van der Waals surface area contributed by atoms with Gasteiger partial charge in [0.15, 0.2) is 0 Å². The van der Waals surface area contributed by atoms with E-state index in [1.807, 2.05) is 0 Å². The monoisotopic (exact) mass is 270 g/mol. The molecule has 3 heteroatoms. The van der Waals surface area contributed by atoms with Crippen LogP contribution in [0.1, 0.15) is 30.4 Å². The predicted octanol–water partition coefficient (Wildman–Crippen LogP) is 1.71. The molecule has 1 amide bonds. The highest BCUT2D eigenvalue weighted by Crippen LogP contribution is 2.61. The molecule has 1 heterocycles. The van der Waals surface area contributed by atoms with E-state index < -0.39 is 0 Å². The van der Waals surface area contributed by atoms with Crippen molar-refractivity contribution in [1.82, 2.24) is 10.2 Å². The maximum absolute atomic E-state index is 12.8. The van der Waals surface area contributed by atoms with Crippen molar-refractivity contribution in [3.05, 3.63) is 35.4 Å². The highest BCUT2D eigenvalue weighted by molar-refractivity contribution is 5.85. The van der Waals surface area contributed by atoms with Crippen LogP contribution in [0.3, 0.4) is 0 Å². The molecule has 0 aromatic heterocycles. The summed E-state index contributed by atoms with van der Waals surface area (Å²) in [4.78, 5) is 14.9. The molecule has 4 rings (SSSR count). The molecule has 1 saturated carbocycles. The van der Waals surface area contributed by atoms with Gasteiger partial charge in [-0.2, -0.15) is 0 Å². The van der Waals surface area contributed by atoms with Crippen molar-refractivity contribution in [2.24, 2.45) is 5.92 Å². The molecule has 3 aliphatic rings. The molecule has 2 atom stereocenters. The third-order valence-corrected chi connectivity index (χ3v) is 5.42. The molecule has 20 heavy (non-hydrogen) atoms. The van der Waals surface area contributed by atoms with E-state index >= 15 is 0 Å². The van der Waals surface area contributed by atoms with Crippen LogP contribution in [0.2, 0.25) is 0 Å². The van der Waals surface area contributed by atoms with Gasteiger partial charge in [0, 0.05) is 31.0 Å². The van der Waals surface area contributed by atoms with Crippen LogP contribution in [0.25, 0.3) is 0 Å². The normalized spacial score (nSPS) is 32.0. The summed E-state index contributed by atoms with van der Waals surface area (Å²) in [6.07, 6.45) is 4.49. The molecule has 2 unspecified atom stereocenters. The van der Waals surface area contributed by atoms with Crippen molar-refractivity contribution in [1.29, 1.82) is 0 Å². The zero-order valence-corrected chi connectivity index (χ0v) is 11.9. The van der Waals surface area contributed by atoms with Crippen molar-refractivity contribution in [2.45, 2.75) is 31.1 Å². The van der Waals surface area contributed by atoms with Crippen molar-refractivity contribution in [3.63, 3.8) is 0 Å². The molecule has 0 radical (unpaired) electrons. The minimum absolute atomic E-state index is 0.202. The Labute approximate surface area is 120 Å². The smallest absolute Gasteiger partial charge is 0.226 e. The highest BCUT2D eigenvalue weighted by atomic mass is 16.2. The van der Waals surface area contributed by atoms with Crippen molar-refractivity contribution in [3.8, 4) is 0 Å². The number of benzene rings is 1. The van der Waals surface area contributed by atoms with Gasteiger partial charge in [0.2, 0.25) is 5.91 Å². The van der Waals surface area contributed by atoms with E-state index in [1.54, 1.807) is 0 Å². The van der Waals surface area contributed by atoms with Crippen LogP contribution in [0.15, 0.2) is 24.3 Å². The maximum atomic E-state index is 12.8. The number of rotatable bonds is 1. The van der Waals surface area contributed by atoms with E-state index in [9.17, 15) is 4.79 Å². The van der Waals surface area contributed by atoms with Crippen LogP contribution in [0.4, 0.5) is 0 Å². The van der Waals surface area contributed by atoms with Crippen LogP contribution in [0, 0.1) is 5.92 Å². The van der Waals surface area contributed by atoms with Gasteiger partial charge in [0.05, 0.1) is 0 Å². The van der Waals surface area contributed by atoms with Gasteiger partial charge in [-0.05, 0) is 43.4 Å². The lowest BCUT2D eigenvalue weighted by atomic mass is 9.95. The molecule has 0 bridgehead atoms. The minimum Gasteiger partial charge on any atom is -0.341 e. The number of nitrogens with one attached hydrogen (secondary N) is 1. The first kappa shape index (κ1) is 12.4. The highest BCUT2D eigenvalue weighted by Gasteiger charge is 2.61. The molecule has 2 aliphatic carbocycles. The number of carbonyl (C=O) groups excluding carboxylic acids is 1. The molecule has 1 saturated heterocycles. The van der Waals surface area contributed by atoms with Gasteiger partial charge >= 0.3 is 0 Å². The topological polar surface area (TPSA) is 32.3 Å². The lowest BCUT2D eigenvalue weighted by Crippen LogP contribution is -2.36. The van der Waals surface area contributed by atoms with Crippen molar-refractivity contribution >= 4 is 5.91 Å². The van der Waals surface area contributed by atoms with E-state index in [-0.39, 0.29) is 11.3 Å². The fourth-order valence-corrected chi connectivity index (χ4v) is 4.21. The Morgan fingerprint density at radius 1 is 1.25 bits per heavy atom. The number of nitrogens with zero attached hydrogens (tertiary/aromatic N) is 1. The Bertz CT molecular complexity index is 534. The number of fused-ring (bicyclic) bond motifs is 2. The fourth-order valence-electron chi connectivity index (χ4n) is 4.21. The number of aryl methyl sites for hydroxylation is 1. The van der Waals surface area contributed by atoms with E-state index in [0.29, 0.717) is 5.91 Å². The first-order chi connectivity index (χ1) is 9.81. The molecular formula is C17H22N2O. The quantitative estimate of drug-likeness (QED) is 0.842. The van der Waals surface area contributed by atoms with Gasteiger partial charge in [-0.15, -0.1) is 0 Å². The minimum atomic E-state index is 0.202. The van der Waals surface area contributed by atoms with Gasteiger partial charge < -0.3 is 10.2 Å². The number of hydrogen-bond acceptors (Lipinski definition) is 2. The Balaban J connectivity index is 1.54. The Kier molecular flexibility index (Phi) is 2.84. The molecule has 1 aliphatic heterocycles. The zero-order valence-electron chi connectivity index (χ0n) is 11.9. The molecule has 1 aromatic rings. The van der Waals surface area contributed by atoms with E-state index in [0.717, 1.165) is 45.4 Å². The molecule has 1 spiro atoms. The summed E-state index contributed by atoms with van der Waals surface area (Å²) in [7, 11) is 0. The second-order valence-corrected chi connectivity index (χ2v) is 6.50. The lowest BCUT2D eigenvalue weighted by molar-refractivity contribution is -0.132. The van der Waals surface area contributed by atoms with Crippen LogP contribution in [-0.4, -0.2) is 37.0 Å². The van der Waals surface area contributed by atoms with Crippen molar-refractivity contribution < 1.29 is 4.79 Å². The summed E-state index contributed by atoms with van der Waals surface area (Å²) in [5, 5.41) is 3.37. The van der Waals surface area contributed by atoms with Gasteiger partial charge in [-0.25, -0.2) is 0 Å². The van der Waals surface area contributed by atoms with Gasteiger partial charge in [0.1, 0.15) is 0 Å². The zero-order chi connectivity index (χ0) is 13.6. The summed E-state index contributed by atoms with van der Waals surface area (Å²) in [5.41, 5.74) is 3.14. The van der Waals surface area contributed by atoms with Crippen LogP contribution >= 0.6 is 0 Å². The lowest BCUT2D eigenvalue weighted by Gasteiger charge is -2.21. The van der Waals surface area contributed by atoms with Crippen molar-refractivity contribution in [2.75, 3.05) is 26.2 Å². The number of amides is 1. The van der Waals surface area contributed by atoms with Gasteiger partial charge in [-0.1, -0.05) is 24.3 Å². The predicted molar refractivity (Wildman–Crippen MR) is 78.6 cm³/mol. The average molecular weight is 270 g/mol. The third kappa shape index (κ3) is 1.80. The van der Waals surface area contributed by atoms with E-state index in [4.69, 9.17) is 0 Å². The van der Waals surface area contributed by atoms with E-state index in [1.165, 1.54) is 17.5 Å². The summed E-state index contributed by atoms with van der Waals surface area (Å²) >= 11 is 0. The van der Waals surface area contributed by atoms with Gasteiger partial charge in [0.25, 0.3) is 0 Å². The molecular weight excluding hydrogens is 248 g/mol. The largest absolute Gasteiger partial charge is 0.341 e. The summed E-state index contributed by atoms with van der Waals surface area (Å²) in [6, 6.07) is 8.73. The molecule has 3 nitrogen and oxygen atoms in total. The second kappa shape index (κ2) is 4.59. The first-order valence-electron chi connectivity index (χ1n) is 7.89. The second-order valence-electron chi connectivity index (χ2n) is 6.50. The number of hydrogen-bond donors (Lipinski definition) is 1. The van der Waals surface area contributed by atoms with Crippen LogP contribution in [-0.2, 0) is 16.6 Å². The molecule has 1 aromatic carbocycles. The summed E-state index contributed by atoms with van der Waals surface area (Å²) in [5.74, 6) is 0.662. The molecule has 2 fully saturated rings. The maximum Gasteiger partial charge on any atom is 0.226 e. The summed E-state index contributed by atoms with van der Waals surface area (Å²) in [6.45, 7) is 3.80. The molecule has 1 N–H and O–H groups in total. The number of carbonyl (C=O) groups is 1.